The second-order valence-electron chi connectivity index (χ2n) is 4.67. The highest BCUT2D eigenvalue weighted by molar-refractivity contribution is 5.48. The molecule has 1 aromatic carbocycles. The van der Waals surface area contributed by atoms with E-state index in [4.69, 9.17) is 21.6 Å². The number of hydrogen-bond donors (Lipinski definition) is 1. The molecule has 0 aliphatic heterocycles. The minimum atomic E-state index is -3.02. The van der Waals surface area contributed by atoms with Crippen molar-refractivity contribution in [3.8, 4) is 23.8 Å². The molecular weight excluding hydrogens is 276 g/mol. The summed E-state index contributed by atoms with van der Waals surface area (Å²) in [5.74, 6) is -0.112. The van der Waals surface area contributed by atoms with Crippen LogP contribution in [0.25, 0.3) is 0 Å². The maximum absolute atomic E-state index is 14.3. The summed E-state index contributed by atoms with van der Waals surface area (Å²) in [7, 11) is 2.82. The van der Waals surface area contributed by atoms with Gasteiger partial charge >= 0.3 is 0 Å². The van der Waals surface area contributed by atoms with E-state index in [-0.39, 0.29) is 24.2 Å². The summed E-state index contributed by atoms with van der Waals surface area (Å²) >= 11 is 0. The molecule has 0 aliphatic carbocycles. The minimum Gasteiger partial charge on any atom is -0.496 e. The normalized spacial score (nSPS) is 11.0. The van der Waals surface area contributed by atoms with Crippen LogP contribution in [-0.4, -0.2) is 20.8 Å². The Balaban J connectivity index is 3.18. The number of methoxy groups -OCH3 is 2. The molecular formula is C16H21F2NO2. The van der Waals surface area contributed by atoms with Crippen LogP contribution in [0.3, 0.4) is 0 Å². The molecule has 0 aromatic heterocycles. The zero-order valence-corrected chi connectivity index (χ0v) is 12.4. The lowest BCUT2D eigenvalue weighted by Crippen LogP contribution is -2.16. The van der Waals surface area contributed by atoms with E-state index < -0.39 is 5.92 Å². The van der Waals surface area contributed by atoms with Crippen molar-refractivity contribution in [3.63, 3.8) is 0 Å². The molecule has 3 nitrogen and oxygen atoms in total. The van der Waals surface area contributed by atoms with Gasteiger partial charge in [-0.2, -0.15) is 0 Å². The lowest BCUT2D eigenvalue weighted by Gasteiger charge is -2.21. The van der Waals surface area contributed by atoms with Gasteiger partial charge in [0.25, 0.3) is 5.92 Å². The Labute approximate surface area is 124 Å². The second kappa shape index (κ2) is 7.84. The molecule has 0 fully saturated rings. The number of rotatable bonds is 8. The smallest absolute Gasteiger partial charge is 0.276 e. The van der Waals surface area contributed by atoms with Crippen LogP contribution in [0, 0.1) is 12.3 Å². The quantitative estimate of drug-likeness (QED) is 0.592. The Morgan fingerprint density at radius 1 is 1.24 bits per heavy atom. The third-order valence-electron chi connectivity index (χ3n) is 3.22. The summed E-state index contributed by atoms with van der Waals surface area (Å²) in [5, 5.41) is 0. The molecule has 5 heteroatoms. The Bertz CT molecular complexity index is 510. The van der Waals surface area contributed by atoms with E-state index in [0.29, 0.717) is 25.1 Å². The SMILES string of the molecule is C#CCCCC(F)(F)c1cc(OC)c(CCN)cc1OC. The molecule has 1 rings (SSSR count). The monoisotopic (exact) mass is 297 g/mol. The fourth-order valence-corrected chi connectivity index (χ4v) is 2.14. The maximum Gasteiger partial charge on any atom is 0.276 e. The molecule has 21 heavy (non-hydrogen) atoms. The first-order valence-electron chi connectivity index (χ1n) is 6.76. The van der Waals surface area contributed by atoms with Gasteiger partial charge in [0.2, 0.25) is 0 Å². The molecule has 0 unspecified atom stereocenters. The van der Waals surface area contributed by atoms with E-state index in [1.165, 1.54) is 20.3 Å². The van der Waals surface area contributed by atoms with Gasteiger partial charge in [-0.25, -0.2) is 8.78 Å². The molecule has 0 heterocycles. The van der Waals surface area contributed by atoms with Crippen LogP contribution in [0.1, 0.15) is 30.4 Å². The molecule has 0 radical (unpaired) electrons. The van der Waals surface area contributed by atoms with Crippen molar-refractivity contribution >= 4 is 0 Å². The van der Waals surface area contributed by atoms with Crippen LogP contribution in [0.4, 0.5) is 8.78 Å². The summed E-state index contributed by atoms with van der Waals surface area (Å²) in [4.78, 5) is 0. The third kappa shape index (κ3) is 4.33. The van der Waals surface area contributed by atoms with Gasteiger partial charge in [-0.05, 0) is 37.1 Å². The van der Waals surface area contributed by atoms with Crippen molar-refractivity contribution in [2.45, 2.75) is 31.6 Å². The van der Waals surface area contributed by atoms with Gasteiger partial charge in [-0.15, -0.1) is 12.3 Å². The van der Waals surface area contributed by atoms with Crippen LogP contribution >= 0.6 is 0 Å². The largest absolute Gasteiger partial charge is 0.496 e. The Hall–Kier alpha value is -1.80. The highest BCUT2D eigenvalue weighted by Crippen LogP contribution is 2.42. The summed E-state index contributed by atoms with van der Waals surface area (Å²) in [6.45, 7) is 0.400. The fraction of sp³-hybridized carbons (Fsp3) is 0.500. The molecule has 0 spiro atoms. The first-order chi connectivity index (χ1) is 10.00. The van der Waals surface area contributed by atoms with E-state index in [2.05, 4.69) is 5.92 Å². The van der Waals surface area contributed by atoms with Crippen LogP contribution in [-0.2, 0) is 12.3 Å². The molecule has 0 amide bonds. The molecule has 2 N–H and O–H groups in total. The molecule has 0 saturated carbocycles. The van der Waals surface area contributed by atoms with Crippen LogP contribution in [0.15, 0.2) is 12.1 Å². The summed E-state index contributed by atoms with van der Waals surface area (Å²) in [6, 6.07) is 2.90. The summed E-state index contributed by atoms with van der Waals surface area (Å²) < 4.78 is 39.0. The highest BCUT2D eigenvalue weighted by atomic mass is 19.3. The average molecular weight is 297 g/mol. The topological polar surface area (TPSA) is 44.5 Å². The predicted molar refractivity (Wildman–Crippen MR) is 78.9 cm³/mol. The lowest BCUT2D eigenvalue weighted by atomic mass is 9.98. The fourth-order valence-electron chi connectivity index (χ4n) is 2.14. The number of halogens is 2. The molecule has 116 valence electrons. The lowest BCUT2D eigenvalue weighted by molar-refractivity contribution is -0.0171. The van der Waals surface area contributed by atoms with Gasteiger partial charge in [0.15, 0.2) is 0 Å². The van der Waals surface area contributed by atoms with Crippen molar-refractivity contribution < 1.29 is 18.3 Å². The zero-order chi connectivity index (χ0) is 15.9. The van der Waals surface area contributed by atoms with E-state index >= 15 is 0 Å². The number of nitrogens with two attached hydrogens (primary N) is 1. The van der Waals surface area contributed by atoms with Crippen molar-refractivity contribution in [2.75, 3.05) is 20.8 Å². The average Bonchev–Trinajstić information content (AvgIpc) is 2.47. The number of terminal acetylenes is 1. The van der Waals surface area contributed by atoms with Crippen molar-refractivity contribution in [2.24, 2.45) is 5.73 Å². The van der Waals surface area contributed by atoms with Gasteiger partial charge in [0, 0.05) is 12.8 Å². The van der Waals surface area contributed by atoms with E-state index in [0.717, 1.165) is 5.56 Å². The number of unbranched alkanes of at least 4 members (excludes halogenated alkanes) is 1. The summed E-state index contributed by atoms with van der Waals surface area (Å²) in [5.41, 5.74) is 6.09. The Morgan fingerprint density at radius 2 is 1.90 bits per heavy atom. The van der Waals surface area contributed by atoms with Crippen LogP contribution in [0.2, 0.25) is 0 Å². The Kier molecular flexibility index (Phi) is 6.44. The molecule has 0 atom stereocenters. The summed E-state index contributed by atoms with van der Waals surface area (Å²) in [6.07, 6.45) is 5.87. The maximum atomic E-state index is 14.3. The number of hydrogen-bond acceptors (Lipinski definition) is 3. The van der Waals surface area contributed by atoms with Crippen molar-refractivity contribution in [1.82, 2.24) is 0 Å². The molecule has 0 aliphatic rings. The van der Waals surface area contributed by atoms with Crippen molar-refractivity contribution in [3.05, 3.63) is 23.3 Å². The minimum absolute atomic E-state index is 0.143. The molecule has 0 saturated heterocycles. The standard InChI is InChI=1S/C16H21F2NO2/c1-4-5-6-8-16(17,18)13-11-14(20-2)12(7-9-19)10-15(13)21-3/h1,10-11H,5-9,19H2,2-3H3. The first-order valence-corrected chi connectivity index (χ1v) is 6.76. The molecule has 0 bridgehead atoms. The highest BCUT2D eigenvalue weighted by Gasteiger charge is 2.35. The number of ether oxygens (including phenoxy) is 2. The second-order valence-corrected chi connectivity index (χ2v) is 4.67. The van der Waals surface area contributed by atoms with Crippen LogP contribution in [0.5, 0.6) is 11.5 Å². The van der Waals surface area contributed by atoms with Gasteiger partial charge in [-0.3, -0.25) is 0 Å². The van der Waals surface area contributed by atoms with Gasteiger partial charge < -0.3 is 15.2 Å². The van der Waals surface area contributed by atoms with E-state index in [1.807, 2.05) is 0 Å². The predicted octanol–water partition coefficient (Wildman–Crippen LogP) is 3.10. The van der Waals surface area contributed by atoms with Crippen molar-refractivity contribution in [1.29, 1.82) is 0 Å². The molecule has 1 aromatic rings. The van der Waals surface area contributed by atoms with Gasteiger partial charge in [-0.1, -0.05) is 0 Å². The first kappa shape index (κ1) is 17.3. The number of benzene rings is 1. The van der Waals surface area contributed by atoms with E-state index in [9.17, 15) is 8.78 Å². The van der Waals surface area contributed by atoms with Gasteiger partial charge in [0.05, 0.1) is 19.8 Å². The van der Waals surface area contributed by atoms with Gasteiger partial charge in [0.1, 0.15) is 11.5 Å². The van der Waals surface area contributed by atoms with Crippen LogP contribution < -0.4 is 15.2 Å². The van der Waals surface area contributed by atoms with E-state index in [1.54, 1.807) is 6.07 Å². The third-order valence-corrected chi connectivity index (χ3v) is 3.22. The zero-order valence-electron chi connectivity index (χ0n) is 12.4. The number of alkyl halides is 2. The Morgan fingerprint density at radius 3 is 2.43 bits per heavy atom.